The normalized spacial score (nSPS) is 15.0. The second-order valence-electron chi connectivity index (χ2n) is 9.69. The summed E-state index contributed by atoms with van der Waals surface area (Å²) in [5.41, 5.74) is 17.2. The number of carbonyl (C=O) groups is 1. The van der Waals surface area contributed by atoms with Gasteiger partial charge >= 0.3 is 0 Å². The average molecular weight is 541 g/mol. The molecule has 4 N–H and O–H groups in total. The number of nitrogens with two attached hydrogens (primary N) is 2. The molecule has 1 fully saturated rings. The lowest BCUT2D eigenvalue weighted by atomic mass is 9.96. The first-order valence-electron chi connectivity index (χ1n) is 12.9. The van der Waals surface area contributed by atoms with Crippen molar-refractivity contribution >= 4 is 39.0 Å². The van der Waals surface area contributed by atoms with Crippen LogP contribution in [-0.4, -0.2) is 53.7 Å². The van der Waals surface area contributed by atoms with Gasteiger partial charge in [-0.2, -0.15) is 5.26 Å². The van der Waals surface area contributed by atoms with Gasteiger partial charge in [-0.25, -0.2) is 4.98 Å². The van der Waals surface area contributed by atoms with Gasteiger partial charge in [0.25, 0.3) is 5.91 Å². The third-order valence-electron chi connectivity index (χ3n) is 7.36. The summed E-state index contributed by atoms with van der Waals surface area (Å²) in [4.78, 5) is 23.2. The highest BCUT2D eigenvalue weighted by Gasteiger charge is 2.29. The molecule has 4 aromatic rings. The summed E-state index contributed by atoms with van der Waals surface area (Å²) in [5.74, 6) is 1.56. The van der Waals surface area contributed by atoms with Gasteiger partial charge in [0.2, 0.25) is 6.79 Å². The summed E-state index contributed by atoms with van der Waals surface area (Å²) in [7, 11) is 0. The number of rotatable bonds is 5. The number of piperazine rings is 1. The van der Waals surface area contributed by atoms with Crippen LogP contribution in [-0.2, 0) is 13.0 Å². The molecule has 2 aliphatic rings. The number of carbonyl (C=O) groups excluding carboxylic acids is 1. The van der Waals surface area contributed by atoms with Crippen molar-refractivity contribution in [1.82, 2.24) is 14.8 Å². The number of nitrogen functional groups attached to an aromatic ring is 2. The third-order valence-corrected chi connectivity index (χ3v) is 8.45. The molecule has 2 aliphatic heterocycles. The van der Waals surface area contributed by atoms with Crippen molar-refractivity contribution in [3.05, 3.63) is 64.0 Å². The molecule has 6 rings (SSSR count). The third kappa shape index (κ3) is 4.50. The summed E-state index contributed by atoms with van der Waals surface area (Å²) in [6.07, 6.45) is 0.905. The highest BCUT2D eigenvalue weighted by Crippen LogP contribution is 2.43. The Hall–Kier alpha value is -4.33. The lowest BCUT2D eigenvalue weighted by Gasteiger charge is -2.34. The molecule has 0 unspecified atom stereocenters. The number of thiophene rings is 1. The monoisotopic (exact) mass is 540 g/mol. The fraction of sp³-hybridized carbons (Fsp3) is 0.276. The first kappa shape index (κ1) is 25.0. The Morgan fingerprint density at radius 1 is 1.05 bits per heavy atom. The van der Waals surface area contributed by atoms with E-state index in [9.17, 15) is 10.1 Å². The van der Waals surface area contributed by atoms with Crippen molar-refractivity contribution in [2.75, 3.05) is 44.4 Å². The van der Waals surface area contributed by atoms with Gasteiger partial charge < -0.3 is 25.8 Å². The van der Waals surface area contributed by atoms with Crippen LogP contribution in [0.1, 0.15) is 33.3 Å². The lowest BCUT2D eigenvalue weighted by molar-refractivity contribution is 0.0634. The van der Waals surface area contributed by atoms with Crippen LogP contribution >= 0.6 is 11.3 Å². The minimum absolute atomic E-state index is 0.123. The fourth-order valence-electron chi connectivity index (χ4n) is 5.19. The van der Waals surface area contributed by atoms with Gasteiger partial charge in [-0.05, 0) is 35.2 Å². The van der Waals surface area contributed by atoms with Crippen molar-refractivity contribution in [1.29, 1.82) is 5.26 Å². The number of fused-ring (bicyclic) bond motifs is 2. The first-order valence-corrected chi connectivity index (χ1v) is 13.7. The second-order valence-corrected chi connectivity index (χ2v) is 10.7. The number of pyridine rings is 1. The topological polar surface area (TPSA) is 131 Å². The molecule has 0 radical (unpaired) electrons. The van der Waals surface area contributed by atoms with Crippen molar-refractivity contribution in [3.63, 3.8) is 0 Å². The minimum atomic E-state index is -0.123. The summed E-state index contributed by atoms with van der Waals surface area (Å²) >= 11 is 1.23. The second kappa shape index (κ2) is 10.1. The maximum atomic E-state index is 13.6. The Bertz CT molecular complexity index is 1620. The summed E-state index contributed by atoms with van der Waals surface area (Å²) in [6, 6.07) is 16.2. The zero-order valence-corrected chi connectivity index (χ0v) is 22.4. The van der Waals surface area contributed by atoms with Gasteiger partial charge in [0.05, 0.1) is 5.69 Å². The Morgan fingerprint density at radius 3 is 2.49 bits per heavy atom. The smallest absolute Gasteiger partial charge is 0.266 e. The molecule has 10 heteroatoms. The quantitative estimate of drug-likeness (QED) is 0.384. The van der Waals surface area contributed by atoms with Crippen LogP contribution in [0.3, 0.4) is 0 Å². The number of amides is 1. The molecule has 198 valence electrons. The van der Waals surface area contributed by atoms with Crippen LogP contribution in [0.5, 0.6) is 11.5 Å². The van der Waals surface area contributed by atoms with Crippen molar-refractivity contribution < 1.29 is 14.3 Å². The van der Waals surface area contributed by atoms with Crippen LogP contribution in [0, 0.1) is 11.3 Å². The van der Waals surface area contributed by atoms with Crippen LogP contribution < -0.4 is 20.9 Å². The number of aryl methyl sites for hydroxylation is 1. The molecule has 4 heterocycles. The SMILES string of the molecule is CCc1ccc(-c2c(C#N)c(N)nc3sc(C(=O)N4CCN(Cc5ccc6c(c5)OCO6)CC4)c(N)c23)cc1. The van der Waals surface area contributed by atoms with Gasteiger partial charge in [-0.15, -0.1) is 11.3 Å². The molecule has 0 bridgehead atoms. The summed E-state index contributed by atoms with van der Waals surface area (Å²) in [5, 5.41) is 10.5. The number of ether oxygens (including phenoxy) is 2. The summed E-state index contributed by atoms with van der Waals surface area (Å²) < 4.78 is 10.9. The highest BCUT2D eigenvalue weighted by molar-refractivity contribution is 7.21. The van der Waals surface area contributed by atoms with E-state index in [-0.39, 0.29) is 24.1 Å². The van der Waals surface area contributed by atoms with Crippen molar-refractivity contribution in [2.45, 2.75) is 19.9 Å². The molecule has 0 spiro atoms. The van der Waals surface area contributed by atoms with E-state index >= 15 is 0 Å². The minimum Gasteiger partial charge on any atom is -0.454 e. The standard InChI is InChI=1S/C29H28N6O3S/c1-2-17-3-6-19(7-4-17)23-20(14-30)27(32)33-28-24(23)25(31)26(39-28)29(36)35-11-9-34(10-12-35)15-18-5-8-21-22(13-18)38-16-37-21/h3-8,13H,2,9-12,15-16,31H2,1H3,(H2,32,33). The molecule has 0 atom stereocenters. The van der Waals surface area contributed by atoms with E-state index in [1.54, 1.807) is 0 Å². The maximum absolute atomic E-state index is 13.6. The number of nitriles is 1. The number of benzene rings is 2. The van der Waals surface area contributed by atoms with E-state index < -0.39 is 0 Å². The van der Waals surface area contributed by atoms with Crippen molar-refractivity contribution in [3.8, 4) is 28.7 Å². The van der Waals surface area contributed by atoms with E-state index in [1.807, 2.05) is 47.4 Å². The molecule has 1 saturated heterocycles. The number of hydrogen-bond acceptors (Lipinski definition) is 9. The predicted molar refractivity (Wildman–Crippen MR) is 152 cm³/mol. The highest BCUT2D eigenvalue weighted by atomic mass is 32.1. The van der Waals surface area contributed by atoms with Gasteiger partial charge in [0.15, 0.2) is 11.5 Å². The van der Waals surface area contributed by atoms with Crippen LogP contribution in [0.4, 0.5) is 11.5 Å². The number of hydrogen-bond donors (Lipinski definition) is 2. The first-order chi connectivity index (χ1) is 19.0. The van der Waals surface area contributed by atoms with E-state index in [1.165, 1.54) is 16.9 Å². The van der Waals surface area contributed by atoms with Gasteiger partial charge in [-0.1, -0.05) is 37.3 Å². The molecule has 0 aliphatic carbocycles. The van der Waals surface area contributed by atoms with Crippen LogP contribution in [0.25, 0.3) is 21.3 Å². The summed E-state index contributed by atoms with van der Waals surface area (Å²) in [6.45, 7) is 5.76. The molecule has 9 nitrogen and oxygen atoms in total. The Balaban J connectivity index is 1.24. The average Bonchev–Trinajstić information content (AvgIpc) is 3.56. The van der Waals surface area contributed by atoms with E-state index in [0.29, 0.717) is 39.4 Å². The molecule has 0 saturated carbocycles. The zero-order chi connectivity index (χ0) is 27.1. The Labute approximate surface area is 230 Å². The molecular weight excluding hydrogens is 512 g/mol. The largest absolute Gasteiger partial charge is 0.454 e. The van der Waals surface area contributed by atoms with E-state index in [0.717, 1.165) is 48.7 Å². The maximum Gasteiger partial charge on any atom is 0.266 e. The van der Waals surface area contributed by atoms with Crippen LogP contribution in [0.2, 0.25) is 0 Å². The molecular formula is C29H28N6O3S. The fourth-order valence-corrected chi connectivity index (χ4v) is 6.27. The Kier molecular flexibility index (Phi) is 6.46. The molecule has 39 heavy (non-hydrogen) atoms. The molecule has 1 amide bonds. The van der Waals surface area contributed by atoms with Crippen LogP contribution in [0.15, 0.2) is 42.5 Å². The van der Waals surface area contributed by atoms with Crippen molar-refractivity contribution in [2.24, 2.45) is 0 Å². The molecule has 2 aromatic carbocycles. The zero-order valence-electron chi connectivity index (χ0n) is 21.6. The predicted octanol–water partition coefficient (Wildman–Crippen LogP) is 4.25. The van der Waals surface area contributed by atoms with Gasteiger partial charge in [-0.3, -0.25) is 9.69 Å². The molecule has 2 aromatic heterocycles. The number of nitrogens with zero attached hydrogens (tertiary/aromatic N) is 4. The number of anilines is 2. The van der Waals surface area contributed by atoms with Gasteiger partial charge in [0.1, 0.15) is 27.2 Å². The lowest BCUT2D eigenvalue weighted by Crippen LogP contribution is -2.48. The van der Waals surface area contributed by atoms with E-state index in [4.69, 9.17) is 20.9 Å². The van der Waals surface area contributed by atoms with Gasteiger partial charge in [0, 0.05) is 43.7 Å². The number of aromatic nitrogens is 1. The van der Waals surface area contributed by atoms with E-state index in [2.05, 4.69) is 22.9 Å². The Morgan fingerprint density at radius 2 is 1.77 bits per heavy atom.